The van der Waals surface area contributed by atoms with Crippen LogP contribution in [0.5, 0.6) is 0 Å². The minimum atomic E-state index is -1.24. The van der Waals surface area contributed by atoms with Crippen molar-refractivity contribution in [2.24, 2.45) is 0 Å². The van der Waals surface area contributed by atoms with Gasteiger partial charge < -0.3 is 5.32 Å². The van der Waals surface area contributed by atoms with Gasteiger partial charge in [-0.1, -0.05) is 11.6 Å². The zero-order valence-electron chi connectivity index (χ0n) is 14.3. The molecule has 138 valence electrons. The molecule has 1 aromatic carbocycles. The Morgan fingerprint density at radius 2 is 1.96 bits per heavy atom. The van der Waals surface area contributed by atoms with Crippen molar-refractivity contribution in [2.75, 3.05) is 6.26 Å². The second-order valence-electron chi connectivity index (χ2n) is 6.21. The van der Waals surface area contributed by atoms with E-state index in [9.17, 15) is 9.00 Å². The van der Waals surface area contributed by atoms with Crippen LogP contribution in [0.25, 0.3) is 5.95 Å². The predicted molar refractivity (Wildman–Crippen MR) is 99.1 cm³/mol. The summed E-state index contributed by atoms with van der Waals surface area (Å²) in [5, 5.41) is 7.57. The van der Waals surface area contributed by atoms with Gasteiger partial charge in [0.2, 0.25) is 0 Å². The van der Waals surface area contributed by atoms with Gasteiger partial charge in [0, 0.05) is 44.9 Å². The Kier molecular flexibility index (Phi) is 4.48. The molecule has 0 spiro atoms. The fourth-order valence-corrected chi connectivity index (χ4v) is 3.68. The van der Waals surface area contributed by atoms with E-state index in [0.29, 0.717) is 27.3 Å². The van der Waals surface area contributed by atoms with Gasteiger partial charge in [-0.15, -0.1) is 0 Å². The molecule has 1 unspecified atom stereocenters. The fraction of sp³-hybridized carbons (Fsp3) is 0.235. The lowest BCUT2D eigenvalue weighted by molar-refractivity contribution is 0.0928. The molecular formula is C17H15ClN6O2S. The van der Waals surface area contributed by atoms with Crippen LogP contribution < -0.4 is 5.32 Å². The standard InChI is InChI=1S/C17H15ClN6O2S/c1-27(26)13-8-11(7-12(18)9-13)14(25)23-17(3-4-17)15-21-10-22-24(15)16-19-5-2-6-20-16/h2,5-10H,3-4H2,1H3,(H,23,25). The minimum Gasteiger partial charge on any atom is -0.339 e. The molecule has 1 fully saturated rings. The maximum absolute atomic E-state index is 12.8. The van der Waals surface area contributed by atoms with E-state index in [1.807, 2.05) is 0 Å². The molecule has 1 amide bonds. The van der Waals surface area contributed by atoms with Gasteiger partial charge in [-0.2, -0.15) is 9.78 Å². The van der Waals surface area contributed by atoms with E-state index >= 15 is 0 Å². The van der Waals surface area contributed by atoms with Crippen LogP contribution >= 0.6 is 11.6 Å². The summed E-state index contributed by atoms with van der Waals surface area (Å²) in [7, 11) is -1.24. The van der Waals surface area contributed by atoms with Crippen molar-refractivity contribution >= 4 is 28.3 Å². The zero-order valence-corrected chi connectivity index (χ0v) is 15.9. The molecule has 0 radical (unpaired) electrons. The van der Waals surface area contributed by atoms with Crippen LogP contribution in [-0.4, -0.2) is 41.1 Å². The van der Waals surface area contributed by atoms with Crippen LogP contribution in [0.3, 0.4) is 0 Å². The molecule has 8 nitrogen and oxygen atoms in total. The average Bonchev–Trinajstić information content (AvgIpc) is 3.26. The summed E-state index contributed by atoms with van der Waals surface area (Å²) >= 11 is 6.07. The predicted octanol–water partition coefficient (Wildman–Crippen LogP) is 1.87. The minimum absolute atomic E-state index is 0.315. The third-order valence-electron chi connectivity index (χ3n) is 4.29. The summed E-state index contributed by atoms with van der Waals surface area (Å²) in [4.78, 5) is 26.0. The molecule has 10 heteroatoms. The second-order valence-corrected chi connectivity index (χ2v) is 8.03. The highest BCUT2D eigenvalue weighted by atomic mass is 35.5. The molecule has 4 rings (SSSR count). The number of carbonyl (C=O) groups excluding carboxylic acids is 1. The number of benzene rings is 1. The molecule has 1 aliphatic rings. The van der Waals surface area contributed by atoms with E-state index in [1.165, 1.54) is 17.3 Å². The van der Waals surface area contributed by atoms with Crippen molar-refractivity contribution in [1.82, 2.24) is 30.0 Å². The lowest BCUT2D eigenvalue weighted by Gasteiger charge is -2.17. The maximum atomic E-state index is 12.8. The van der Waals surface area contributed by atoms with E-state index in [-0.39, 0.29) is 5.91 Å². The number of carbonyl (C=O) groups is 1. The highest BCUT2D eigenvalue weighted by molar-refractivity contribution is 7.84. The third-order valence-corrected chi connectivity index (χ3v) is 5.40. The van der Waals surface area contributed by atoms with Crippen molar-refractivity contribution in [2.45, 2.75) is 23.3 Å². The molecule has 3 aromatic rings. The smallest absolute Gasteiger partial charge is 0.252 e. The molecule has 1 aliphatic carbocycles. The highest BCUT2D eigenvalue weighted by Gasteiger charge is 2.50. The Bertz CT molecular complexity index is 1030. The summed E-state index contributed by atoms with van der Waals surface area (Å²) in [6, 6.07) is 6.43. The van der Waals surface area contributed by atoms with E-state index in [1.54, 1.807) is 36.7 Å². The Morgan fingerprint density at radius 1 is 1.22 bits per heavy atom. The van der Waals surface area contributed by atoms with E-state index in [2.05, 4.69) is 25.4 Å². The number of hydrogen-bond donors (Lipinski definition) is 1. The average molecular weight is 403 g/mol. The summed E-state index contributed by atoms with van der Waals surface area (Å²) in [5.74, 6) is 0.644. The van der Waals surface area contributed by atoms with Gasteiger partial charge in [-0.25, -0.2) is 15.0 Å². The first-order chi connectivity index (χ1) is 13.0. The number of aromatic nitrogens is 5. The van der Waals surface area contributed by atoms with Gasteiger partial charge >= 0.3 is 0 Å². The van der Waals surface area contributed by atoms with E-state index in [0.717, 1.165) is 12.8 Å². The molecule has 1 atom stereocenters. The van der Waals surface area contributed by atoms with Crippen LogP contribution in [-0.2, 0) is 16.3 Å². The zero-order chi connectivity index (χ0) is 19.0. The van der Waals surface area contributed by atoms with Gasteiger partial charge in [-0.3, -0.25) is 9.00 Å². The van der Waals surface area contributed by atoms with E-state index in [4.69, 9.17) is 11.6 Å². The normalized spacial score (nSPS) is 15.9. The molecule has 0 saturated heterocycles. The molecule has 0 aliphatic heterocycles. The number of halogens is 1. The van der Waals surface area contributed by atoms with Crippen molar-refractivity contribution in [3.63, 3.8) is 0 Å². The van der Waals surface area contributed by atoms with Crippen LogP contribution in [0, 0.1) is 0 Å². The van der Waals surface area contributed by atoms with Crippen LogP contribution in [0.4, 0.5) is 0 Å². The molecule has 0 bridgehead atoms. The quantitative estimate of drug-likeness (QED) is 0.698. The van der Waals surface area contributed by atoms with Gasteiger partial charge in [0.1, 0.15) is 11.9 Å². The van der Waals surface area contributed by atoms with Crippen LogP contribution in [0.2, 0.25) is 5.02 Å². The summed E-state index contributed by atoms with van der Waals surface area (Å²) in [6.45, 7) is 0. The maximum Gasteiger partial charge on any atom is 0.252 e. The molecule has 1 saturated carbocycles. The number of nitrogens with zero attached hydrogens (tertiary/aromatic N) is 5. The molecule has 2 aromatic heterocycles. The Balaban J connectivity index is 1.64. The monoisotopic (exact) mass is 402 g/mol. The Labute approximate surface area is 162 Å². The molecular weight excluding hydrogens is 388 g/mol. The van der Waals surface area contributed by atoms with Crippen molar-refractivity contribution in [3.05, 3.63) is 59.4 Å². The number of hydrogen-bond acceptors (Lipinski definition) is 6. The fourth-order valence-electron chi connectivity index (χ4n) is 2.79. The van der Waals surface area contributed by atoms with E-state index < -0.39 is 16.3 Å². The van der Waals surface area contributed by atoms with Gasteiger partial charge in [0.25, 0.3) is 11.9 Å². The largest absolute Gasteiger partial charge is 0.339 e. The summed E-state index contributed by atoms with van der Waals surface area (Å²) in [5.41, 5.74) is -0.290. The van der Waals surface area contributed by atoms with Crippen molar-refractivity contribution < 1.29 is 9.00 Å². The Morgan fingerprint density at radius 3 is 2.63 bits per heavy atom. The third kappa shape index (κ3) is 3.47. The second kappa shape index (κ2) is 6.82. The topological polar surface area (TPSA) is 103 Å². The lowest BCUT2D eigenvalue weighted by atomic mass is 10.1. The highest BCUT2D eigenvalue weighted by Crippen LogP contribution is 2.45. The van der Waals surface area contributed by atoms with Crippen molar-refractivity contribution in [3.8, 4) is 5.95 Å². The number of rotatable bonds is 5. The summed E-state index contributed by atoms with van der Waals surface area (Å²) < 4.78 is 13.3. The first-order valence-electron chi connectivity index (χ1n) is 8.13. The van der Waals surface area contributed by atoms with Crippen LogP contribution in [0.1, 0.15) is 29.0 Å². The van der Waals surface area contributed by atoms with Gasteiger partial charge in [-0.05, 0) is 37.1 Å². The first kappa shape index (κ1) is 17.7. The number of nitrogens with one attached hydrogen (secondary N) is 1. The van der Waals surface area contributed by atoms with Crippen LogP contribution in [0.15, 0.2) is 47.9 Å². The van der Waals surface area contributed by atoms with Gasteiger partial charge in [0.15, 0.2) is 5.82 Å². The summed E-state index contributed by atoms with van der Waals surface area (Å²) in [6.07, 6.45) is 7.62. The molecule has 2 heterocycles. The van der Waals surface area contributed by atoms with Gasteiger partial charge in [0.05, 0.1) is 0 Å². The molecule has 1 N–H and O–H groups in total. The van der Waals surface area contributed by atoms with Crippen molar-refractivity contribution in [1.29, 1.82) is 0 Å². The lowest BCUT2D eigenvalue weighted by Crippen LogP contribution is -2.37. The molecule has 27 heavy (non-hydrogen) atoms. The SMILES string of the molecule is CS(=O)c1cc(Cl)cc(C(=O)NC2(c3ncnn3-c3ncccn3)CC2)c1. The first-order valence-corrected chi connectivity index (χ1v) is 10.1. The number of amides is 1. The Hall–Kier alpha value is -2.65.